The first-order valence-electron chi connectivity index (χ1n) is 10.5. The van der Waals surface area contributed by atoms with E-state index in [2.05, 4.69) is 58.9 Å². The first-order chi connectivity index (χ1) is 14.7. The number of aliphatic imine (C=N–C) groups is 1. The molecule has 2 N–H and O–H groups in total. The van der Waals surface area contributed by atoms with Gasteiger partial charge < -0.3 is 24.8 Å². The predicted octanol–water partition coefficient (Wildman–Crippen LogP) is 3.56. The molecule has 0 bridgehead atoms. The molecule has 1 heterocycles. The van der Waals surface area contributed by atoms with Crippen LogP contribution in [0.15, 0.2) is 47.5 Å². The largest absolute Gasteiger partial charge is 0.496 e. The summed E-state index contributed by atoms with van der Waals surface area (Å²) in [6, 6.07) is 14.7. The van der Waals surface area contributed by atoms with Crippen LogP contribution in [0, 0.1) is 6.92 Å². The minimum atomic E-state index is 0.308. The van der Waals surface area contributed by atoms with E-state index < -0.39 is 0 Å². The number of aryl methyl sites for hydroxylation is 1. The van der Waals surface area contributed by atoms with Crippen LogP contribution in [-0.4, -0.2) is 39.4 Å². The topological polar surface area (TPSA) is 64.1 Å². The number of guanidine groups is 1. The summed E-state index contributed by atoms with van der Waals surface area (Å²) in [4.78, 5) is 4.33. The normalized spacial score (nSPS) is 15.1. The Morgan fingerprint density at radius 2 is 1.83 bits per heavy atom. The Balaban J connectivity index is 1.48. The summed E-state index contributed by atoms with van der Waals surface area (Å²) >= 11 is 0. The zero-order valence-corrected chi connectivity index (χ0v) is 18.2. The monoisotopic (exact) mass is 411 g/mol. The number of rotatable bonds is 8. The quantitative estimate of drug-likeness (QED) is 0.514. The van der Waals surface area contributed by atoms with Gasteiger partial charge in [0.25, 0.3) is 0 Å². The minimum absolute atomic E-state index is 0.308. The second-order valence-electron chi connectivity index (χ2n) is 7.54. The number of nitrogens with one attached hydrogen (secondary N) is 2. The van der Waals surface area contributed by atoms with Gasteiger partial charge >= 0.3 is 0 Å². The first-order valence-corrected chi connectivity index (χ1v) is 10.5. The summed E-state index contributed by atoms with van der Waals surface area (Å²) in [6.07, 6.45) is 2.27. The van der Waals surface area contributed by atoms with E-state index in [1.165, 1.54) is 16.7 Å². The zero-order valence-electron chi connectivity index (χ0n) is 18.2. The van der Waals surface area contributed by atoms with Crippen LogP contribution >= 0.6 is 0 Å². The molecule has 3 rings (SSSR count). The van der Waals surface area contributed by atoms with Crippen LogP contribution in [0.2, 0.25) is 0 Å². The molecule has 0 saturated carbocycles. The molecule has 0 aromatic heterocycles. The summed E-state index contributed by atoms with van der Waals surface area (Å²) in [7, 11) is 3.48. The van der Waals surface area contributed by atoms with Crippen LogP contribution in [0.3, 0.4) is 0 Å². The highest BCUT2D eigenvalue weighted by atomic mass is 16.5. The van der Waals surface area contributed by atoms with E-state index in [0.717, 1.165) is 43.3 Å². The third-order valence-corrected chi connectivity index (χ3v) is 5.22. The molecule has 2 aromatic carbocycles. The van der Waals surface area contributed by atoms with Crippen molar-refractivity contribution >= 4 is 5.96 Å². The van der Waals surface area contributed by atoms with Crippen molar-refractivity contribution in [2.45, 2.75) is 45.6 Å². The molecule has 2 aromatic rings. The van der Waals surface area contributed by atoms with Crippen molar-refractivity contribution < 1.29 is 14.2 Å². The van der Waals surface area contributed by atoms with E-state index in [0.29, 0.717) is 25.8 Å². The zero-order chi connectivity index (χ0) is 21.2. The van der Waals surface area contributed by atoms with Gasteiger partial charge in [-0.3, -0.25) is 4.99 Å². The lowest BCUT2D eigenvalue weighted by Gasteiger charge is -2.22. The van der Waals surface area contributed by atoms with Gasteiger partial charge in [0.15, 0.2) is 5.96 Å². The van der Waals surface area contributed by atoms with Gasteiger partial charge in [-0.05, 0) is 42.5 Å². The molecule has 0 aliphatic carbocycles. The van der Waals surface area contributed by atoms with E-state index in [4.69, 9.17) is 14.2 Å². The Hall–Kier alpha value is -2.57. The molecule has 6 heteroatoms. The molecular weight excluding hydrogens is 378 g/mol. The van der Waals surface area contributed by atoms with Crippen LogP contribution in [-0.2, 0) is 29.2 Å². The first kappa shape index (κ1) is 22.1. The van der Waals surface area contributed by atoms with Crippen molar-refractivity contribution in [2.24, 2.45) is 4.99 Å². The smallest absolute Gasteiger partial charge is 0.191 e. The number of hydrogen-bond acceptors (Lipinski definition) is 4. The van der Waals surface area contributed by atoms with E-state index >= 15 is 0 Å². The number of hydrogen-bond donors (Lipinski definition) is 2. The molecule has 1 fully saturated rings. The van der Waals surface area contributed by atoms with Crippen molar-refractivity contribution in [1.29, 1.82) is 0 Å². The average Bonchev–Trinajstić information content (AvgIpc) is 2.79. The molecule has 0 unspecified atom stereocenters. The van der Waals surface area contributed by atoms with E-state index in [9.17, 15) is 0 Å². The second-order valence-corrected chi connectivity index (χ2v) is 7.54. The fraction of sp³-hybridized carbons (Fsp3) is 0.458. The van der Waals surface area contributed by atoms with E-state index in [1.807, 2.05) is 6.07 Å². The Morgan fingerprint density at radius 3 is 2.60 bits per heavy atom. The highest BCUT2D eigenvalue weighted by Gasteiger charge is 2.14. The second kappa shape index (κ2) is 11.6. The van der Waals surface area contributed by atoms with Gasteiger partial charge in [0.05, 0.1) is 19.8 Å². The highest BCUT2D eigenvalue weighted by molar-refractivity contribution is 5.79. The lowest BCUT2D eigenvalue weighted by Crippen LogP contribution is -2.36. The summed E-state index contributed by atoms with van der Waals surface area (Å²) in [5.41, 5.74) is 4.66. The molecule has 1 aliphatic heterocycles. The highest BCUT2D eigenvalue weighted by Crippen LogP contribution is 2.19. The summed E-state index contributed by atoms with van der Waals surface area (Å²) < 4.78 is 16.9. The van der Waals surface area contributed by atoms with Crippen LogP contribution in [0.4, 0.5) is 0 Å². The molecule has 0 amide bonds. The number of benzene rings is 2. The Labute approximate surface area is 179 Å². The summed E-state index contributed by atoms with van der Waals surface area (Å²) in [6.45, 7) is 5.63. The van der Waals surface area contributed by atoms with Crippen molar-refractivity contribution in [1.82, 2.24) is 10.6 Å². The molecule has 6 nitrogen and oxygen atoms in total. The average molecular weight is 412 g/mol. The maximum absolute atomic E-state index is 6.04. The van der Waals surface area contributed by atoms with Crippen LogP contribution < -0.4 is 15.4 Å². The molecule has 0 atom stereocenters. The Kier molecular flexibility index (Phi) is 8.53. The third-order valence-electron chi connectivity index (χ3n) is 5.22. The Morgan fingerprint density at radius 1 is 1.07 bits per heavy atom. The van der Waals surface area contributed by atoms with Crippen LogP contribution in [0.25, 0.3) is 0 Å². The maximum Gasteiger partial charge on any atom is 0.191 e. The fourth-order valence-corrected chi connectivity index (χ4v) is 3.47. The third kappa shape index (κ3) is 6.75. The molecule has 162 valence electrons. The molecular formula is C24H33N3O3. The molecule has 0 spiro atoms. The van der Waals surface area contributed by atoms with Gasteiger partial charge in [0, 0.05) is 38.9 Å². The van der Waals surface area contributed by atoms with Gasteiger partial charge in [-0.2, -0.15) is 0 Å². The fourth-order valence-electron chi connectivity index (χ4n) is 3.47. The SMILES string of the molecule is CN=C(NCc1cccc(COC2CCOCC2)c1)NCc1ccc(C)cc1OC. The molecule has 1 aliphatic rings. The summed E-state index contributed by atoms with van der Waals surface area (Å²) in [5, 5.41) is 6.73. The number of ether oxygens (including phenoxy) is 3. The minimum Gasteiger partial charge on any atom is -0.496 e. The molecule has 30 heavy (non-hydrogen) atoms. The Bertz CT molecular complexity index is 832. The van der Waals surface area contributed by atoms with Crippen molar-refractivity contribution in [3.05, 3.63) is 64.7 Å². The van der Waals surface area contributed by atoms with Crippen LogP contribution in [0.1, 0.15) is 35.1 Å². The summed E-state index contributed by atoms with van der Waals surface area (Å²) in [5.74, 6) is 1.64. The van der Waals surface area contributed by atoms with E-state index in [-0.39, 0.29) is 0 Å². The van der Waals surface area contributed by atoms with Crippen LogP contribution in [0.5, 0.6) is 5.75 Å². The predicted molar refractivity (Wildman–Crippen MR) is 120 cm³/mol. The molecule has 0 radical (unpaired) electrons. The van der Waals surface area contributed by atoms with Crippen molar-refractivity contribution in [3.8, 4) is 5.75 Å². The molecule has 1 saturated heterocycles. The number of methoxy groups -OCH3 is 1. The standard InChI is InChI=1S/C24H33N3O3/c1-18-7-8-21(23(13-18)28-3)16-27-24(25-2)26-15-19-5-4-6-20(14-19)17-30-22-9-11-29-12-10-22/h4-8,13-14,22H,9-12,15-17H2,1-3H3,(H2,25,26,27). The van der Waals surface area contributed by atoms with Gasteiger partial charge in [-0.1, -0.05) is 36.4 Å². The maximum atomic E-state index is 6.04. The lowest BCUT2D eigenvalue weighted by atomic mass is 10.1. The van der Waals surface area contributed by atoms with Gasteiger partial charge in [-0.25, -0.2) is 0 Å². The van der Waals surface area contributed by atoms with Gasteiger partial charge in [0.2, 0.25) is 0 Å². The van der Waals surface area contributed by atoms with Gasteiger partial charge in [0.1, 0.15) is 5.75 Å². The number of nitrogens with zero attached hydrogens (tertiary/aromatic N) is 1. The van der Waals surface area contributed by atoms with Gasteiger partial charge in [-0.15, -0.1) is 0 Å². The van der Waals surface area contributed by atoms with Crippen molar-refractivity contribution in [3.63, 3.8) is 0 Å². The van der Waals surface area contributed by atoms with Crippen molar-refractivity contribution in [2.75, 3.05) is 27.4 Å². The van der Waals surface area contributed by atoms with E-state index in [1.54, 1.807) is 14.2 Å². The lowest BCUT2D eigenvalue weighted by molar-refractivity contribution is -0.0390.